The standard InChI is InChI=1S/C14H15BrClN5/c1-2-20-8-9(6-19-20)13-7-18-14(17)21(13)10-3-4-12(16)11(15)5-10/h3-6,8,13H,2,7H2,1H3,(H2,17,18). The molecule has 2 aromatic rings. The second kappa shape index (κ2) is 5.69. The number of anilines is 1. The highest BCUT2D eigenvalue weighted by molar-refractivity contribution is 9.10. The number of rotatable bonds is 3. The minimum Gasteiger partial charge on any atom is -0.369 e. The number of benzene rings is 1. The second-order valence-electron chi connectivity index (χ2n) is 4.81. The Hall–Kier alpha value is -1.53. The summed E-state index contributed by atoms with van der Waals surface area (Å²) in [6, 6.07) is 5.81. The van der Waals surface area contributed by atoms with Crippen molar-refractivity contribution in [1.82, 2.24) is 9.78 Å². The lowest BCUT2D eigenvalue weighted by Gasteiger charge is -2.26. The maximum Gasteiger partial charge on any atom is 0.196 e. The number of guanidine groups is 1. The van der Waals surface area contributed by atoms with E-state index in [2.05, 4.69) is 32.9 Å². The van der Waals surface area contributed by atoms with Crippen LogP contribution in [0.5, 0.6) is 0 Å². The zero-order valence-electron chi connectivity index (χ0n) is 11.5. The lowest BCUT2D eigenvalue weighted by Crippen LogP contribution is -2.36. The average Bonchev–Trinajstić information content (AvgIpc) is 3.08. The first-order chi connectivity index (χ1) is 10.1. The maximum absolute atomic E-state index is 6.07. The number of aliphatic imine (C=N–C) groups is 1. The van der Waals surface area contributed by atoms with E-state index < -0.39 is 0 Å². The minimum absolute atomic E-state index is 0.0679. The van der Waals surface area contributed by atoms with E-state index in [1.807, 2.05) is 40.2 Å². The van der Waals surface area contributed by atoms with Crippen molar-refractivity contribution in [1.29, 1.82) is 0 Å². The zero-order chi connectivity index (χ0) is 15.0. The Balaban J connectivity index is 1.96. The first kappa shape index (κ1) is 14.4. The molecule has 1 aliphatic rings. The molecule has 2 heterocycles. The van der Waals surface area contributed by atoms with Crippen LogP contribution in [0.15, 0.2) is 40.1 Å². The van der Waals surface area contributed by atoms with Gasteiger partial charge in [0.05, 0.1) is 23.8 Å². The Morgan fingerprint density at radius 2 is 2.29 bits per heavy atom. The summed E-state index contributed by atoms with van der Waals surface area (Å²) in [5.74, 6) is 0.512. The number of halogens is 2. The molecule has 0 spiro atoms. The van der Waals surface area contributed by atoms with Gasteiger partial charge >= 0.3 is 0 Å². The van der Waals surface area contributed by atoms with Gasteiger partial charge in [-0.25, -0.2) is 0 Å². The summed E-state index contributed by atoms with van der Waals surface area (Å²) in [5.41, 5.74) is 8.13. The predicted molar refractivity (Wildman–Crippen MR) is 88.8 cm³/mol. The van der Waals surface area contributed by atoms with Gasteiger partial charge in [0, 0.05) is 28.5 Å². The van der Waals surface area contributed by atoms with Gasteiger partial charge in [-0.1, -0.05) is 11.6 Å². The van der Waals surface area contributed by atoms with Crippen LogP contribution in [-0.2, 0) is 6.54 Å². The molecule has 5 nitrogen and oxygen atoms in total. The molecule has 3 rings (SSSR count). The van der Waals surface area contributed by atoms with E-state index in [-0.39, 0.29) is 6.04 Å². The van der Waals surface area contributed by atoms with Crippen molar-refractivity contribution in [2.45, 2.75) is 19.5 Å². The van der Waals surface area contributed by atoms with Gasteiger partial charge in [-0.2, -0.15) is 5.10 Å². The molecule has 1 atom stereocenters. The third-order valence-corrected chi connectivity index (χ3v) is 4.74. The predicted octanol–water partition coefficient (Wildman–Crippen LogP) is 3.19. The highest BCUT2D eigenvalue weighted by atomic mass is 79.9. The fraction of sp³-hybridized carbons (Fsp3) is 0.286. The number of aromatic nitrogens is 2. The fourth-order valence-corrected chi connectivity index (χ4v) is 2.91. The normalized spacial score (nSPS) is 18.1. The molecule has 0 fully saturated rings. The highest BCUT2D eigenvalue weighted by Gasteiger charge is 2.30. The Morgan fingerprint density at radius 3 is 2.95 bits per heavy atom. The third-order valence-electron chi connectivity index (χ3n) is 3.53. The van der Waals surface area contributed by atoms with E-state index in [0.29, 0.717) is 17.5 Å². The first-order valence-corrected chi connectivity index (χ1v) is 7.83. The van der Waals surface area contributed by atoms with Crippen molar-refractivity contribution >= 4 is 39.2 Å². The van der Waals surface area contributed by atoms with Crippen molar-refractivity contribution in [2.24, 2.45) is 10.7 Å². The monoisotopic (exact) mass is 367 g/mol. The average molecular weight is 369 g/mol. The van der Waals surface area contributed by atoms with Gasteiger partial charge < -0.3 is 10.6 Å². The third kappa shape index (κ3) is 2.65. The summed E-state index contributed by atoms with van der Waals surface area (Å²) in [6.07, 6.45) is 3.91. The molecule has 0 saturated heterocycles. The molecule has 0 aliphatic carbocycles. The van der Waals surface area contributed by atoms with Gasteiger partial charge in [0.2, 0.25) is 0 Å². The largest absolute Gasteiger partial charge is 0.369 e. The van der Waals surface area contributed by atoms with Crippen LogP contribution in [0, 0.1) is 0 Å². The molecule has 0 bridgehead atoms. The molecule has 0 saturated carbocycles. The van der Waals surface area contributed by atoms with Gasteiger partial charge in [-0.3, -0.25) is 9.67 Å². The van der Waals surface area contributed by atoms with Crippen molar-refractivity contribution in [3.8, 4) is 0 Å². The van der Waals surface area contributed by atoms with E-state index in [4.69, 9.17) is 17.3 Å². The van der Waals surface area contributed by atoms with Crippen LogP contribution >= 0.6 is 27.5 Å². The Kier molecular flexibility index (Phi) is 3.91. The Labute approximate surface area is 136 Å². The molecule has 2 N–H and O–H groups in total. The summed E-state index contributed by atoms with van der Waals surface area (Å²) >= 11 is 9.51. The molecule has 1 unspecified atom stereocenters. The molecule has 21 heavy (non-hydrogen) atoms. The molecular formula is C14H15BrClN5. The molecule has 110 valence electrons. The summed E-state index contributed by atoms with van der Waals surface area (Å²) < 4.78 is 2.74. The lowest BCUT2D eigenvalue weighted by molar-refractivity contribution is 0.657. The van der Waals surface area contributed by atoms with E-state index in [9.17, 15) is 0 Å². The van der Waals surface area contributed by atoms with Gasteiger partial charge in [-0.15, -0.1) is 0 Å². The van der Waals surface area contributed by atoms with Crippen LogP contribution in [0.3, 0.4) is 0 Å². The van der Waals surface area contributed by atoms with E-state index in [0.717, 1.165) is 22.3 Å². The van der Waals surface area contributed by atoms with Gasteiger partial charge in [-0.05, 0) is 41.1 Å². The lowest BCUT2D eigenvalue weighted by atomic mass is 10.1. The Morgan fingerprint density at radius 1 is 1.48 bits per heavy atom. The SMILES string of the molecule is CCn1cc(C2CN=C(N)N2c2ccc(Cl)c(Br)c2)cn1. The van der Waals surface area contributed by atoms with Crippen molar-refractivity contribution in [2.75, 3.05) is 11.4 Å². The van der Waals surface area contributed by atoms with Crippen molar-refractivity contribution in [3.05, 3.63) is 45.7 Å². The topological polar surface area (TPSA) is 59.4 Å². The van der Waals surface area contributed by atoms with Gasteiger partial charge in [0.1, 0.15) is 0 Å². The number of hydrogen-bond acceptors (Lipinski definition) is 4. The molecule has 0 amide bonds. The molecular weight excluding hydrogens is 354 g/mol. The van der Waals surface area contributed by atoms with Crippen LogP contribution in [-0.4, -0.2) is 22.3 Å². The molecule has 1 aromatic carbocycles. The molecule has 0 radical (unpaired) electrons. The van der Waals surface area contributed by atoms with Crippen LogP contribution in [0.1, 0.15) is 18.5 Å². The second-order valence-corrected chi connectivity index (χ2v) is 6.07. The smallest absolute Gasteiger partial charge is 0.196 e. The molecule has 1 aromatic heterocycles. The number of nitrogens with zero attached hydrogens (tertiary/aromatic N) is 4. The first-order valence-electron chi connectivity index (χ1n) is 6.66. The van der Waals surface area contributed by atoms with Crippen LogP contribution < -0.4 is 10.6 Å². The highest BCUT2D eigenvalue weighted by Crippen LogP contribution is 2.34. The van der Waals surface area contributed by atoms with Crippen LogP contribution in [0.25, 0.3) is 0 Å². The summed E-state index contributed by atoms with van der Waals surface area (Å²) in [5, 5.41) is 5.00. The Bertz CT molecular complexity index is 696. The van der Waals surface area contributed by atoms with Crippen LogP contribution in [0.2, 0.25) is 5.02 Å². The van der Waals surface area contributed by atoms with E-state index in [1.165, 1.54) is 0 Å². The van der Waals surface area contributed by atoms with Gasteiger partial charge in [0.25, 0.3) is 0 Å². The fourth-order valence-electron chi connectivity index (χ4n) is 2.42. The quantitative estimate of drug-likeness (QED) is 0.905. The van der Waals surface area contributed by atoms with Gasteiger partial charge in [0.15, 0.2) is 5.96 Å². The number of aryl methyl sites for hydroxylation is 1. The van der Waals surface area contributed by atoms with Crippen LogP contribution in [0.4, 0.5) is 5.69 Å². The van der Waals surface area contributed by atoms with E-state index in [1.54, 1.807) is 0 Å². The zero-order valence-corrected chi connectivity index (χ0v) is 13.8. The van der Waals surface area contributed by atoms with E-state index >= 15 is 0 Å². The number of hydrogen-bond donors (Lipinski definition) is 1. The number of nitrogens with two attached hydrogens (primary N) is 1. The molecule has 7 heteroatoms. The summed E-state index contributed by atoms with van der Waals surface area (Å²) in [6.45, 7) is 3.53. The van der Waals surface area contributed by atoms with Crippen molar-refractivity contribution in [3.63, 3.8) is 0 Å². The maximum atomic E-state index is 6.07. The summed E-state index contributed by atoms with van der Waals surface area (Å²) in [7, 11) is 0. The van der Waals surface area contributed by atoms with Crippen molar-refractivity contribution < 1.29 is 0 Å². The summed E-state index contributed by atoms with van der Waals surface area (Å²) in [4.78, 5) is 6.39. The molecule has 1 aliphatic heterocycles. The minimum atomic E-state index is 0.0679.